The van der Waals surface area contributed by atoms with E-state index in [1.54, 1.807) is 4.68 Å². The lowest BCUT2D eigenvalue weighted by molar-refractivity contribution is 0.727. The molecular formula is C32H29N3O. The second-order valence-electron chi connectivity index (χ2n) is 8.83. The van der Waals surface area contributed by atoms with Crippen LogP contribution in [0.5, 0.6) is 0 Å². The highest BCUT2D eigenvalue weighted by molar-refractivity contribution is 6.03. The number of hydrogen-bond acceptors (Lipinski definition) is 2. The van der Waals surface area contributed by atoms with Crippen molar-refractivity contribution in [3.63, 3.8) is 0 Å². The van der Waals surface area contributed by atoms with Gasteiger partial charge >= 0.3 is 0 Å². The maximum atomic E-state index is 13.6. The van der Waals surface area contributed by atoms with Crippen LogP contribution in [0.4, 0.5) is 0 Å². The Bertz CT molecular complexity index is 1450. The smallest absolute Gasteiger partial charge is 0.280 e. The second-order valence-corrected chi connectivity index (χ2v) is 8.83. The zero-order valence-corrected chi connectivity index (χ0v) is 20.3. The number of H-pyrrole nitrogens is 1. The fourth-order valence-corrected chi connectivity index (χ4v) is 4.68. The summed E-state index contributed by atoms with van der Waals surface area (Å²) in [6, 6.07) is 40.7. The highest BCUT2D eigenvalue weighted by Crippen LogP contribution is 2.28. The van der Waals surface area contributed by atoms with E-state index in [1.165, 1.54) is 11.1 Å². The molecule has 0 fully saturated rings. The van der Waals surface area contributed by atoms with Crippen LogP contribution in [0.1, 0.15) is 36.0 Å². The van der Waals surface area contributed by atoms with E-state index in [1.807, 2.05) is 79.7 Å². The summed E-state index contributed by atoms with van der Waals surface area (Å²) in [5.41, 5.74) is 6.35. The number of aromatic amines is 1. The minimum Gasteiger partial charge on any atom is -0.290 e. The molecule has 5 rings (SSSR count). The molecule has 4 aromatic carbocycles. The Morgan fingerprint density at radius 3 is 1.81 bits per heavy atom. The molecule has 0 aliphatic carbocycles. The van der Waals surface area contributed by atoms with Gasteiger partial charge in [-0.05, 0) is 36.6 Å². The second kappa shape index (κ2) is 10.9. The molecule has 178 valence electrons. The summed E-state index contributed by atoms with van der Waals surface area (Å²) < 4.78 is 1.60. The molecule has 0 saturated heterocycles. The first-order valence-electron chi connectivity index (χ1n) is 12.3. The molecular weight excluding hydrogens is 442 g/mol. The summed E-state index contributed by atoms with van der Waals surface area (Å²) in [4.78, 5) is 18.5. The predicted octanol–water partition coefficient (Wildman–Crippen LogP) is 6.86. The number of hydrogen-bond donors (Lipinski definition) is 1. The van der Waals surface area contributed by atoms with Crippen LogP contribution < -0.4 is 5.56 Å². The van der Waals surface area contributed by atoms with Crippen molar-refractivity contribution in [2.45, 2.75) is 19.3 Å². The molecule has 0 atom stereocenters. The lowest BCUT2D eigenvalue weighted by Crippen LogP contribution is -2.19. The van der Waals surface area contributed by atoms with Crippen LogP contribution in [0.2, 0.25) is 0 Å². The number of aliphatic imine (C=N–C) groups is 1. The number of nitrogens with one attached hydrogen (secondary N) is 1. The van der Waals surface area contributed by atoms with Gasteiger partial charge in [0, 0.05) is 23.7 Å². The number of nitrogens with zero attached hydrogens (tertiary/aromatic N) is 2. The third-order valence-corrected chi connectivity index (χ3v) is 6.50. The molecule has 5 aromatic rings. The van der Waals surface area contributed by atoms with Gasteiger partial charge in [0.2, 0.25) is 0 Å². The lowest BCUT2D eigenvalue weighted by Gasteiger charge is -2.17. The van der Waals surface area contributed by atoms with E-state index in [4.69, 9.17) is 4.99 Å². The predicted molar refractivity (Wildman–Crippen MR) is 148 cm³/mol. The highest BCUT2D eigenvalue weighted by Gasteiger charge is 2.19. The Labute approximate surface area is 211 Å². The van der Waals surface area contributed by atoms with Crippen LogP contribution >= 0.6 is 0 Å². The van der Waals surface area contributed by atoms with Crippen molar-refractivity contribution in [3.8, 4) is 16.9 Å². The van der Waals surface area contributed by atoms with Crippen molar-refractivity contribution in [2.75, 3.05) is 6.54 Å². The SMILES string of the molecule is CC(=NCCC(c1ccccc1)c1ccccc1)c1c(-c2ccccc2)[nH]n(-c2ccccc2)c1=O. The molecule has 0 amide bonds. The number of benzene rings is 4. The van der Waals surface area contributed by atoms with Gasteiger partial charge in [0.25, 0.3) is 5.56 Å². The van der Waals surface area contributed by atoms with Gasteiger partial charge < -0.3 is 0 Å². The van der Waals surface area contributed by atoms with E-state index < -0.39 is 0 Å². The van der Waals surface area contributed by atoms with E-state index in [0.29, 0.717) is 12.1 Å². The molecule has 1 N–H and O–H groups in total. The van der Waals surface area contributed by atoms with Crippen molar-refractivity contribution in [1.29, 1.82) is 0 Å². The van der Waals surface area contributed by atoms with Crippen LogP contribution in [-0.2, 0) is 0 Å². The Hall–Kier alpha value is -4.44. The Morgan fingerprint density at radius 1 is 0.750 bits per heavy atom. The summed E-state index contributed by atoms with van der Waals surface area (Å²) in [6.07, 6.45) is 0.851. The van der Waals surface area contributed by atoms with Gasteiger partial charge in [-0.15, -0.1) is 0 Å². The molecule has 1 aromatic heterocycles. The van der Waals surface area contributed by atoms with E-state index in [9.17, 15) is 4.79 Å². The fraction of sp³-hybridized carbons (Fsp3) is 0.125. The monoisotopic (exact) mass is 471 g/mol. The van der Waals surface area contributed by atoms with Crippen LogP contribution in [0.3, 0.4) is 0 Å². The number of rotatable bonds is 8. The Balaban J connectivity index is 1.49. The van der Waals surface area contributed by atoms with Crippen LogP contribution in [-0.4, -0.2) is 22.0 Å². The van der Waals surface area contributed by atoms with Gasteiger partial charge in [0.1, 0.15) is 0 Å². The fourth-order valence-electron chi connectivity index (χ4n) is 4.68. The standard InChI is InChI=1S/C32H29N3O/c1-24(33-23-22-29(25-14-6-2-7-15-25)26-16-8-3-9-17-26)30-31(27-18-10-4-11-19-27)34-35(32(30)36)28-20-12-5-13-21-28/h2-21,29,34H,22-23H2,1H3. The molecule has 0 aliphatic heterocycles. The van der Waals surface area contributed by atoms with Crippen LogP contribution in [0, 0.1) is 0 Å². The molecule has 0 aliphatic rings. The molecule has 0 radical (unpaired) electrons. The molecule has 36 heavy (non-hydrogen) atoms. The zero-order chi connectivity index (χ0) is 24.7. The van der Waals surface area contributed by atoms with Crippen molar-refractivity contribution in [1.82, 2.24) is 9.78 Å². The van der Waals surface area contributed by atoms with Crippen molar-refractivity contribution in [3.05, 3.63) is 148 Å². The third-order valence-electron chi connectivity index (χ3n) is 6.50. The van der Waals surface area contributed by atoms with Gasteiger partial charge in [0.15, 0.2) is 0 Å². The summed E-state index contributed by atoms with van der Waals surface area (Å²) >= 11 is 0. The van der Waals surface area contributed by atoms with Gasteiger partial charge in [0.05, 0.1) is 16.9 Å². The van der Waals surface area contributed by atoms with E-state index in [0.717, 1.165) is 29.1 Å². The average Bonchev–Trinajstić information content (AvgIpc) is 3.30. The Kier molecular flexibility index (Phi) is 7.04. The average molecular weight is 472 g/mol. The van der Waals surface area contributed by atoms with Gasteiger partial charge in [-0.25, -0.2) is 4.68 Å². The van der Waals surface area contributed by atoms with Gasteiger partial charge in [-0.2, -0.15) is 0 Å². The maximum absolute atomic E-state index is 13.6. The molecule has 1 heterocycles. The first-order valence-corrected chi connectivity index (χ1v) is 12.3. The molecule has 0 bridgehead atoms. The van der Waals surface area contributed by atoms with Crippen molar-refractivity contribution in [2.24, 2.45) is 4.99 Å². The Morgan fingerprint density at radius 2 is 1.25 bits per heavy atom. The lowest BCUT2D eigenvalue weighted by atomic mass is 9.88. The van der Waals surface area contributed by atoms with Gasteiger partial charge in [-0.1, -0.05) is 109 Å². The summed E-state index contributed by atoms with van der Waals surface area (Å²) in [5.74, 6) is 0.241. The summed E-state index contributed by atoms with van der Waals surface area (Å²) in [6.45, 7) is 2.55. The minimum absolute atomic E-state index is 0.0935. The molecule has 0 saturated carbocycles. The van der Waals surface area contributed by atoms with E-state index in [2.05, 4.69) is 53.6 Å². The van der Waals surface area contributed by atoms with Crippen molar-refractivity contribution < 1.29 is 0 Å². The number of para-hydroxylation sites is 1. The highest BCUT2D eigenvalue weighted by atomic mass is 16.1. The summed E-state index contributed by atoms with van der Waals surface area (Å²) in [7, 11) is 0. The van der Waals surface area contributed by atoms with E-state index >= 15 is 0 Å². The minimum atomic E-state index is -0.0935. The van der Waals surface area contributed by atoms with E-state index in [-0.39, 0.29) is 11.5 Å². The normalized spacial score (nSPS) is 11.7. The number of aromatic nitrogens is 2. The molecule has 0 spiro atoms. The van der Waals surface area contributed by atoms with Crippen LogP contribution in [0.15, 0.2) is 131 Å². The topological polar surface area (TPSA) is 50.1 Å². The first-order chi connectivity index (χ1) is 17.7. The quantitative estimate of drug-likeness (QED) is 0.247. The molecule has 0 unspecified atom stereocenters. The van der Waals surface area contributed by atoms with Crippen molar-refractivity contribution >= 4 is 5.71 Å². The first kappa shape index (κ1) is 23.3. The van der Waals surface area contributed by atoms with Gasteiger partial charge in [-0.3, -0.25) is 14.9 Å². The molecule has 4 heteroatoms. The largest absolute Gasteiger partial charge is 0.290 e. The maximum Gasteiger partial charge on any atom is 0.280 e. The molecule has 4 nitrogen and oxygen atoms in total. The summed E-state index contributed by atoms with van der Waals surface area (Å²) in [5, 5.41) is 3.34. The van der Waals surface area contributed by atoms with Crippen LogP contribution in [0.25, 0.3) is 16.9 Å². The third kappa shape index (κ3) is 4.98. The zero-order valence-electron chi connectivity index (χ0n) is 20.3.